The number of quaternary nitrogens is 1. The van der Waals surface area contributed by atoms with Crippen LogP contribution in [0.25, 0.3) is 0 Å². The molecule has 23 heavy (non-hydrogen) atoms. The van der Waals surface area contributed by atoms with E-state index < -0.39 is 0 Å². The van der Waals surface area contributed by atoms with Gasteiger partial charge in [0.25, 0.3) is 0 Å². The lowest BCUT2D eigenvalue weighted by Gasteiger charge is -2.25. The number of ether oxygens (including phenoxy) is 1. The Kier molecular flexibility index (Phi) is 4.93. The van der Waals surface area contributed by atoms with Gasteiger partial charge in [-0.3, -0.25) is 4.79 Å². The van der Waals surface area contributed by atoms with Crippen LogP contribution < -0.4 is 15.0 Å². The zero-order valence-corrected chi connectivity index (χ0v) is 13.5. The first kappa shape index (κ1) is 15.6. The predicted octanol–water partition coefficient (Wildman–Crippen LogP) is 1.66. The van der Waals surface area contributed by atoms with Gasteiger partial charge in [-0.1, -0.05) is 36.4 Å². The van der Waals surface area contributed by atoms with Gasteiger partial charge in [-0.2, -0.15) is 0 Å². The summed E-state index contributed by atoms with van der Waals surface area (Å²) in [6.07, 6.45) is 1.62. The molecule has 0 aromatic heterocycles. The maximum Gasteiger partial charge on any atom is 0.230 e. The minimum Gasteiger partial charge on any atom is -0.495 e. The van der Waals surface area contributed by atoms with Crippen LogP contribution >= 0.6 is 0 Å². The highest BCUT2D eigenvalue weighted by atomic mass is 16.5. The summed E-state index contributed by atoms with van der Waals surface area (Å²) in [7, 11) is 1.61. The highest BCUT2D eigenvalue weighted by molar-refractivity contribution is 5.92. The highest BCUT2D eigenvalue weighted by Crippen LogP contribution is 2.22. The van der Waals surface area contributed by atoms with Crippen LogP contribution in [0.15, 0.2) is 48.5 Å². The van der Waals surface area contributed by atoms with Crippen molar-refractivity contribution in [3.05, 3.63) is 59.7 Å². The van der Waals surface area contributed by atoms with E-state index in [1.165, 1.54) is 16.0 Å². The van der Waals surface area contributed by atoms with E-state index in [1.54, 1.807) is 7.11 Å². The van der Waals surface area contributed by atoms with Crippen molar-refractivity contribution in [1.82, 2.24) is 0 Å². The molecule has 1 heterocycles. The predicted molar refractivity (Wildman–Crippen MR) is 90.8 cm³/mol. The molecule has 1 aliphatic heterocycles. The van der Waals surface area contributed by atoms with Crippen molar-refractivity contribution >= 4 is 11.6 Å². The largest absolute Gasteiger partial charge is 0.495 e. The van der Waals surface area contributed by atoms with E-state index >= 15 is 0 Å². The Balaban J connectivity index is 1.52. The molecular formula is C19H23N2O2+. The van der Waals surface area contributed by atoms with E-state index in [-0.39, 0.29) is 5.91 Å². The van der Waals surface area contributed by atoms with Crippen molar-refractivity contribution < 1.29 is 14.4 Å². The Morgan fingerprint density at radius 1 is 1.13 bits per heavy atom. The molecule has 1 aliphatic rings. The van der Waals surface area contributed by atoms with Crippen LogP contribution in [0.1, 0.15) is 17.5 Å². The normalized spacial score (nSPS) is 16.5. The number of para-hydroxylation sites is 2. The van der Waals surface area contributed by atoms with Crippen molar-refractivity contribution in [3.8, 4) is 5.75 Å². The molecule has 0 saturated heterocycles. The van der Waals surface area contributed by atoms with Gasteiger partial charge in [-0.05, 0) is 17.7 Å². The first-order valence-corrected chi connectivity index (χ1v) is 8.09. The topological polar surface area (TPSA) is 42.8 Å². The molecule has 4 nitrogen and oxygen atoms in total. The summed E-state index contributed by atoms with van der Waals surface area (Å²) in [4.78, 5) is 13.7. The monoisotopic (exact) mass is 311 g/mol. The van der Waals surface area contributed by atoms with E-state index in [4.69, 9.17) is 4.74 Å². The molecule has 2 N–H and O–H groups in total. The number of nitrogens with one attached hydrogen (secondary N) is 2. The lowest BCUT2D eigenvalue weighted by molar-refractivity contribution is -0.915. The van der Waals surface area contributed by atoms with Crippen LogP contribution in [0, 0.1) is 0 Å². The minimum absolute atomic E-state index is 0.0425. The van der Waals surface area contributed by atoms with Crippen LogP contribution in [-0.2, 0) is 17.8 Å². The molecule has 1 atom stereocenters. The third-order valence-electron chi connectivity index (χ3n) is 4.39. The van der Waals surface area contributed by atoms with Gasteiger partial charge < -0.3 is 15.0 Å². The fraction of sp³-hybridized carbons (Fsp3) is 0.316. The Bertz CT molecular complexity index is 685. The molecule has 0 radical (unpaired) electrons. The van der Waals surface area contributed by atoms with Gasteiger partial charge in [0, 0.05) is 12.0 Å². The number of methoxy groups -OCH3 is 1. The lowest BCUT2D eigenvalue weighted by Crippen LogP contribution is -3.11. The number of carbonyl (C=O) groups is 1. The van der Waals surface area contributed by atoms with Gasteiger partial charge in [0.05, 0.1) is 32.3 Å². The molecule has 0 spiro atoms. The highest BCUT2D eigenvalue weighted by Gasteiger charge is 2.19. The van der Waals surface area contributed by atoms with Gasteiger partial charge in [-0.15, -0.1) is 0 Å². The second kappa shape index (κ2) is 7.29. The van der Waals surface area contributed by atoms with Crippen molar-refractivity contribution in [1.29, 1.82) is 0 Å². The van der Waals surface area contributed by atoms with Crippen molar-refractivity contribution in [2.24, 2.45) is 0 Å². The Morgan fingerprint density at radius 2 is 1.87 bits per heavy atom. The average Bonchev–Trinajstić information content (AvgIpc) is 2.60. The first-order chi connectivity index (χ1) is 11.3. The van der Waals surface area contributed by atoms with Crippen LogP contribution in [-0.4, -0.2) is 26.1 Å². The molecule has 0 bridgehead atoms. The van der Waals surface area contributed by atoms with Crippen LogP contribution in [0.3, 0.4) is 0 Å². The maximum absolute atomic E-state index is 12.2. The SMILES string of the molecule is COc1ccccc1NC(=O)CC[NH+]1CCc2ccccc2C1. The van der Waals surface area contributed by atoms with Gasteiger partial charge in [-0.25, -0.2) is 0 Å². The van der Waals surface area contributed by atoms with E-state index in [0.717, 1.165) is 31.7 Å². The zero-order chi connectivity index (χ0) is 16.1. The molecule has 3 rings (SSSR count). The average molecular weight is 311 g/mol. The summed E-state index contributed by atoms with van der Waals surface area (Å²) in [5.41, 5.74) is 3.60. The third kappa shape index (κ3) is 3.90. The van der Waals surface area contributed by atoms with E-state index in [2.05, 4.69) is 29.6 Å². The number of hydrogen-bond acceptors (Lipinski definition) is 2. The Labute approximate surface area is 137 Å². The summed E-state index contributed by atoms with van der Waals surface area (Å²) in [6.45, 7) is 2.96. The number of benzene rings is 2. The Morgan fingerprint density at radius 3 is 2.70 bits per heavy atom. The fourth-order valence-electron chi connectivity index (χ4n) is 3.11. The van der Waals surface area contributed by atoms with Crippen molar-refractivity contribution in [2.75, 3.05) is 25.5 Å². The number of fused-ring (bicyclic) bond motifs is 1. The molecule has 1 unspecified atom stereocenters. The van der Waals surface area contributed by atoms with Crippen LogP contribution in [0.4, 0.5) is 5.69 Å². The minimum atomic E-state index is 0.0425. The quantitative estimate of drug-likeness (QED) is 0.882. The lowest BCUT2D eigenvalue weighted by atomic mass is 10.00. The maximum atomic E-state index is 12.2. The fourth-order valence-corrected chi connectivity index (χ4v) is 3.11. The van der Waals surface area contributed by atoms with Gasteiger partial charge in [0.1, 0.15) is 12.3 Å². The van der Waals surface area contributed by atoms with E-state index in [9.17, 15) is 4.79 Å². The van der Waals surface area contributed by atoms with Crippen LogP contribution in [0.5, 0.6) is 5.75 Å². The summed E-state index contributed by atoms with van der Waals surface area (Å²) < 4.78 is 5.26. The third-order valence-corrected chi connectivity index (χ3v) is 4.39. The molecule has 4 heteroatoms. The molecule has 120 valence electrons. The number of carbonyl (C=O) groups excluding carboxylic acids is 1. The summed E-state index contributed by atoms with van der Waals surface area (Å²) in [6, 6.07) is 16.1. The van der Waals surface area contributed by atoms with Crippen molar-refractivity contribution in [3.63, 3.8) is 0 Å². The number of amides is 1. The molecule has 0 fully saturated rings. The van der Waals surface area contributed by atoms with E-state index in [0.29, 0.717) is 12.2 Å². The van der Waals surface area contributed by atoms with Crippen LogP contribution in [0.2, 0.25) is 0 Å². The van der Waals surface area contributed by atoms with Crippen molar-refractivity contribution in [2.45, 2.75) is 19.4 Å². The summed E-state index contributed by atoms with van der Waals surface area (Å²) in [5, 5.41) is 2.94. The van der Waals surface area contributed by atoms with Gasteiger partial charge in [0.15, 0.2) is 0 Å². The zero-order valence-electron chi connectivity index (χ0n) is 13.5. The standard InChI is InChI=1S/C19H22N2O2/c1-23-18-9-5-4-8-17(18)20-19(22)11-13-21-12-10-15-6-2-3-7-16(15)14-21/h2-9H,10-14H2,1H3,(H,20,22)/p+1. The second-order valence-corrected chi connectivity index (χ2v) is 5.94. The molecule has 2 aromatic rings. The number of rotatable bonds is 5. The summed E-state index contributed by atoms with van der Waals surface area (Å²) in [5.74, 6) is 0.737. The molecule has 0 aliphatic carbocycles. The smallest absolute Gasteiger partial charge is 0.230 e. The molecule has 1 amide bonds. The summed E-state index contributed by atoms with van der Waals surface area (Å²) >= 11 is 0. The van der Waals surface area contributed by atoms with E-state index in [1.807, 2.05) is 24.3 Å². The Hall–Kier alpha value is -2.33. The first-order valence-electron chi connectivity index (χ1n) is 8.09. The molecule has 0 saturated carbocycles. The van der Waals surface area contributed by atoms with Gasteiger partial charge in [0.2, 0.25) is 5.91 Å². The molecule has 2 aromatic carbocycles. The number of hydrogen-bond donors (Lipinski definition) is 2. The van der Waals surface area contributed by atoms with Gasteiger partial charge >= 0.3 is 0 Å². The second-order valence-electron chi connectivity index (χ2n) is 5.94. The molecular weight excluding hydrogens is 288 g/mol. The number of anilines is 1.